The summed E-state index contributed by atoms with van der Waals surface area (Å²) < 4.78 is 32.1. The molecule has 0 radical (unpaired) electrons. The molecule has 0 nitrogen and oxygen atoms in total. The molecule has 0 atom stereocenters. The van der Waals surface area contributed by atoms with E-state index >= 15 is 0 Å². The van der Waals surface area contributed by atoms with Crippen LogP contribution in [0.1, 0.15) is 0 Å². The van der Waals surface area contributed by atoms with E-state index in [1.165, 1.54) is 0 Å². The summed E-state index contributed by atoms with van der Waals surface area (Å²) >= 11 is 4.38. The second-order valence-electron chi connectivity index (χ2n) is 0.865. The molecule has 38 valence electrons. The van der Waals surface area contributed by atoms with Crippen LogP contribution in [0.2, 0.25) is 0 Å². The minimum Gasteiger partial charge on any atom is -0.448 e. The average molecular weight is 117 g/mol. The average Bonchev–Trinajstić information content (AvgIpc) is 1.35. The van der Waals surface area contributed by atoms with Gasteiger partial charge < -0.3 is 12.9 Å². The zero-order valence-corrected chi connectivity index (χ0v) is 3.55. The molecule has 0 saturated carbocycles. The van der Waals surface area contributed by atoms with Crippen LogP contribution in [0.4, 0.5) is 12.9 Å². The molecule has 0 saturated heterocycles. The molecule has 0 spiro atoms. The molecule has 0 aromatic heterocycles. The van der Waals surface area contributed by atoms with Crippen molar-refractivity contribution >= 4 is 18.6 Å². The molecule has 0 aromatic rings. The standard InChI is InChI=1S/CH2BClF3/c3-1-2(4,5)6/h1H2/q-1. The van der Waals surface area contributed by atoms with Crippen molar-refractivity contribution in [1.82, 2.24) is 0 Å². The van der Waals surface area contributed by atoms with E-state index in [1.54, 1.807) is 0 Å². The fourth-order valence-corrected chi connectivity index (χ4v) is 0. The van der Waals surface area contributed by atoms with Crippen molar-refractivity contribution in [3.63, 3.8) is 0 Å². The lowest BCUT2D eigenvalue weighted by Gasteiger charge is -2.05. The van der Waals surface area contributed by atoms with Gasteiger partial charge in [0, 0.05) is 0 Å². The summed E-state index contributed by atoms with van der Waals surface area (Å²) in [5.74, 6) is -1.19. The first-order valence-electron chi connectivity index (χ1n) is 1.33. The van der Waals surface area contributed by atoms with Gasteiger partial charge in [-0.25, -0.2) is 0 Å². The Hall–Kier alpha value is 0.145. The van der Waals surface area contributed by atoms with E-state index in [4.69, 9.17) is 0 Å². The number of hydrogen-bond donors (Lipinski definition) is 0. The summed E-state index contributed by atoms with van der Waals surface area (Å²) in [6.07, 6.45) is 0. The highest BCUT2D eigenvalue weighted by molar-refractivity contribution is 6.67. The summed E-state index contributed by atoms with van der Waals surface area (Å²) in [5, 5.41) is 0. The van der Waals surface area contributed by atoms with Crippen LogP contribution in [-0.4, -0.2) is 12.8 Å². The Morgan fingerprint density at radius 2 is 1.50 bits per heavy atom. The first-order valence-corrected chi connectivity index (χ1v) is 1.86. The lowest BCUT2D eigenvalue weighted by molar-refractivity contribution is 0.484. The predicted molar refractivity (Wildman–Crippen MR) is 19.8 cm³/mol. The van der Waals surface area contributed by atoms with E-state index in [2.05, 4.69) is 11.6 Å². The number of hydrogen-bond acceptors (Lipinski definition) is 0. The molecular weight excluding hydrogens is 115 g/mol. The molecule has 0 N–H and O–H groups in total. The first kappa shape index (κ1) is 6.14. The highest BCUT2D eigenvalue weighted by Crippen LogP contribution is 2.08. The molecule has 0 rings (SSSR count). The van der Waals surface area contributed by atoms with Crippen molar-refractivity contribution in [2.24, 2.45) is 0 Å². The fourth-order valence-electron chi connectivity index (χ4n) is 0. The topological polar surface area (TPSA) is 0 Å². The second-order valence-corrected chi connectivity index (χ2v) is 1.17. The Balaban J connectivity index is 3.17. The van der Waals surface area contributed by atoms with Crippen molar-refractivity contribution in [1.29, 1.82) is 0 Å². The second kappa shape index (κ2) is 1.73. The fraction of sp³-hybridized carbons (Fsp3) is 1.00. The highest BCUT2D eigenvalue weighted by atomic mass is 35.5. The SMILES string of the molecule is F[B-](F)(F)CCl. The third-order valence-corrected chi connectivity index (χ3v) is 0.525. The Labute approximate surface area is 38.3 Å². The summed E-state index contributed by atoms with van der Waals surface area (Å²) in [6, 6.07) is 0. The van der Waals surface area contributed by atoms with Crippen molar-refractivity contribution in [2.45, 2.75) is 0 Å². The highest BCUT2D eigenvalue weighted by Gasteiger charge is 2.19. The lowest BCUT2D eigenvalue weighted by Crippen LogP contribution is -2.16. The van der Waals surface area contributed by atoms with Crippen molar-refractivity contribution in [3.8, 4) is 0 Å². The van der Waals surface area contributed by atoms with Crippen LogP contribution in [-0.2, 0) is 0 Å². The van der Waals surface area contributed by atoms with Crippen LogP contribution in [0.3, 0.4) is 0 Å². The van der Waals surface area contributed by atoms with E-state index in [1.807, 2.05) is 0 Å². The Kier molecular flexibility index (Phi) is 1.77. The van der Waals surface area contributed by atoms with Gasteiger partial charge in [0.05, 0.1) is 0 Å². The summed E-state index contributed by atoms with van der Waals surface area (Å²) in [4.78, 5) is 0. The van der Waals surface area contributed by atoms with E-state index in [0.29, 0.717) is 0 Å². The predicted octanol–water partition coefficient (Wildman–Crippen LogP) is 1.61. The van der Waals surface area contributed by atoms with E-state index in [9.17, 15) is 12.9 Å². The van der Waals surface area contributed by atoms with Crippen LogP contribution in [0, 0.1) is 0 Å². The minimum atomic E-state index is -4.72. The molecule has 0 heterocycles. The summed E-state index contributed by atoms with van der Waals surface area (Å²) in [5.41, 5.74) is 0. The summed E-state index contributed by atoms with van der Waals surface area (Å²) in [6.45, 7) is -4.72. The molecule has 0 aliphatic carbocycles. The molecule has 0 aliphatic heterocycles. The molecule has 5 heteroatoms. The Morgan fingerprint density at radius 3 is 1.50 bits per heavy atom. The third kappa shape index (κ3) is 4.14. The van der Waals surface area contributed by atoms with Gasteiger partial charge in [0.2, 0.25) is 0 Å². The van der Waals surface area contributed by atoms with Gasteiger partial charge in [-0.05, 0) is 5.78 Å². The molecular formula is CH2BClF3-. The van der Waals surface area contributed by atoms with Crippen molar-refractivity contribution in [3.05, 3.63) is 0 Å². The molecule has 0 aromatic carbocycles. The number of alkyl halides is 1. The van der Waals surface area contributed by atoms with E-state index < -0.39 is 12.8 Å². The summed E-state index contributed by atoms with van der Waals surface area (Å²) in [7, 11) is 0. The van der Waals surface area contributed by atoms with Crippen LogP contribution < -0.4 is 0 Å². The lowest BCUT2D eigenvalue weighted by atomic mass is 9.98. The van der Waals surface area contributed by atoms with E-state index in [-0.39, 0.29) is 0 Å². The van der Waals surface area contributed by atoms with Gasteiger partial charge in [-0.3, -0.25) is 0 Å². The maximum Gasteiger partial charge on any atom is 0.492 e. The van der Waals surface area contributed by atoms with Crippen molar-refractivity contribution in [2.75, 3.05) is 5.78 Å². The Morgan fingerprint density at radius 1 is 1.33 bits per heavy atom. The third-order valence-electron chi connectivity index (χ3n) is 0.175. The minimum absolute atomic E-state index is 1.19. The van der Waals surface area contributed by atoms with Crippen molar-refractivity contribution < 1.29 is 12.9 Å². The molecule has 6 heavy (non-hydrogen) atoms. The van der Waals surface area contributed by atoms with Crippen LogP contribution in [0.15, 0.2) is 0 Å². The van der Waals surface area contributed by atoms with Gasteiger partial charge in [-0.1, -0.05) is 0 Å². The number of rotatable bonds is 1. The maximum absolute atomic E-state index is 10.7. The largest absolute Gasteiger partial charge is 0.492 e. The van der Waals surface area contributed by atoms with Crippen LogP contribution in [0.25, 0.3) is 0 Å². The zero-order valence-electron chi connectivity index (χ0n) is 2.80. The quantitative estimate of drug-likeness (QED) is 0.361. The zero-order chi connectivity index (χ0) is 5.21. The molecule has 0 unspecified atom stereocenters. The normalized spacial score (nSPS) is 12.0. The molecule has 0 aliphatic rings. The van der Waals surface area contributed by atoms with Gasteiger partial charge in [-0.15, -0.1) is 0 Å². The van der Waals surface area contributed by atoms with Crippen LogP contribution in [0.5, 0.6) is 0 Å². The Bertz CT molecular complexity index is 40.5. The smallest absolute Gasteiger partial charge is 0.448 e. The van der Waals surface area contributed by atoms with Gasteiger partial charge in [0.15, 0.2) is 0 Å². The molecule has 0 amide bonds. The molecule has 0 fully saturated rings. The first-order chi connectivity index (χ1) is 2.56. The van der Waals surface area contributed by atoms with Gasteiger partial charge >= 0.3 is 6.98 Å². The van der Waals surface area contributed by atoms with Gasteiger partial charge in [0.1, 0.15) is 0 Å². The van der Waals surface area contributed by atoms with Crippen LogP contribution >= 0.6 is 11.6 Å². The van der Waals surface area contributed by atoms with E-state index in [0.717, 1.165) is 0 Å². The van der Waals surface area contributed by atoms with Gasteiger partial charge in [0.25, 0.3) is 0 Å². The number of halogens is 4. The molecule has 0 bridgehead atoms. The monoisotopic (exact) mass is 117 g/mol. The maximum atomic E-state index is 10.7. The van der Waals surface area contributed by atoms with Gasteiger partial charge in [-0.2, -0.15) is 11.6 Å².